The van der Waals surface area contributed by atoms with E-state index in [0.717, 1.165) is 19.3 Å². The number of carboxylic acid groups (broad SMARTS) is 1. The average molecular weight is 385 g/mol. The molecule has 0 amide bonds. The van der Waals surface area contributed by atoms with Crippen molar-refractivity contribution in [2.75, 3.05) is 0 Å². The summed E-state index contributed by atoms with van der Waals surface area (Å²) in [6.45, 7) is 4.60. The fraction of sp³-hybridized carbons (Fsp3) is 0.833. The third-order valence-corrected chi connectivity index (χ3v) is 10.7. The minimum absolute atomic E-state index is 0.141. The van der Waals surface area contributed by atoms with Crippen LogP contribution in [0, 0.1) is 52.3 Å². The molecule has 6 rings (SSSR count). The Bertz CT molecular complexity index is 815. The van der Waals surface area contributed by atoms with E-state index in [1.54, 1.807) is 0 Å². The molecule has 0 aromatic rings. The number of aliphatic hydroxyl groups is 1. The molecular weight excluding hydrogens is 352 g/mol. The highest BCUT2D eigenvalue weighted by Crippen LogP contribution is 2.80. The van der Waals surface area contributed by atoms with Gasteiger partial charge >= 0.3 is 5.97 Å². The van der Waals surface area contributed by atoms with Gasteiger partial charge in [-0.25, -0.2) is 0 Å². The number of carbonyl (C=O) groups excluding carboxylic acids is 1. The summed E-state index contributed by atoms with van der Waals surface area (Å²) in [5.74, 6) is 3.40. The van der Waals surface area contributed by atoms with E-state index in [-0.39, 0.29) is 17.3 Å². The number of hydrogen-bond acceptors (Lipinski definition) is 3. The van der Waals surface area contributed by atoms with Crippen LogP contribution >= 0.6 is 0 Å². The Morgan fingerprint density at radius 2 is 1.96 bits per heavy atom. The van der Waals surface area contributed by atoms with Crippen LogP contribution in [0.5, 0.6) is 0 Å². The summed E-state index contributed by atoms with van der Waals surface area (Å²) in [5, 5.41) is 21.4. The molecule has 0 saturated heterocycles. The number of aliphatic carboxylic acids is 1. The average Bonchev–Trinajstić information content (AvgIpc) is 3.53. The minimum Gasteiger partial charge on any atom is -0.481 e. The molecule has 0 bridgehead atoms. The summed E-state index contributed by atoms with van der Waals surface area (Å²) in [5.41, 5.74) is 0.656. The molecule has 0 aromatic heterocycles. The van der Waals surface area contributed by atoms with Crippen molar-refractivity contribution in [1.82, 2.24) is 0 Å². The zero-order valence-corrected chi connectivity index (χ0v) is 17.0. The molecule has 8 unspecified atom stereocenters. The van der Waals surface area contributed by atoms with Gasteiger partial charge in [0, 0.05) is 18.3 Å². The summed E-state index contributed by atoms with van der Waals surface area (Å²) in [6.07, 6.45) is 8.67. The van der Waals surface area contributed by atoms with E-state index in [1.165, 1.54) is 18.4 Å². The second kappa shape index (κ2) is 5.11. The maximum atomic E-state index is 12.1. The fourth-order valence-electron chi connectivity index (χ4n) is 9.22. The maximum Gasteiger partial charge on any atom is 0.303 e. The molecule has 0 spiro atoms. The van der Waals surface area contributed by atoms with Crippen molar-refractivity contribution in [3.8, 4) is 0 Å². The highest BCUT2D eigenvalue weighted by Gasteiger charge is 2.78. The third kappa shape index (κ3) is 1.92. The second-order valence-corrected chi connectivity index (χ2v) is 11.5. The molecule has 4 nitrogen and oxygen atoms in total. The molecule has 5 saturated carbocycles. The molecule has 0 heterocycles. The van der Waals surface area contributed by atoms with Gasteiger partial charge in [-0.05, 0) is 91.4 Å². The van der Waals surface area contributed by atoms with Crippen molar-refractivity contribution in [3.63, 3.8) is 0 Å². The van der Waals surface area contributed by atoms with Crippen molar-refractivity contribution < 1.29 is 19.8 Å². The molecule has 2 N–H and O–H groups in total. The Hall–Kier alpha value is -1.16. The number of carbonyl (C=O) groups is 2. The fourth-order valence-corrected chi connectivity index (χ4v) is 9.22. The Morgan fingerprint density at radius 3 is 2.71 bits per heavy atom. The van der Waals surface area contributed by atoms with Gasteiger partial charge in [-0.15, -0.1) is 0 Å². The minimum atomic E-state index is -0.742. The number of ketones is 1. The lowest BCUT2D eigenvalue weighted by Gasteiger charge is -2.59. The first-order chi connectivity index (χ1) is 13.2. The first kappa shape index (κ1) is 17.7. The van der Waals surface area contributed by atoms with Gasteiger partial charge in [0.05, 0.1) is 5.60 Å². The van der Waals surface area contributed by atoms with Crippen molar-refractivity contribution in [2.45, 2.75) is 70.8 Å². The number of hydrogen-bond donors (Lipinski definition) is 2. The topological polar surface area (TPSA) is 74.6 Å². The van der Waals surface area contributed by atoms with E-state index >= 15 is 0 Å². The summed E-state index contributed by atoms with van der Waals surface area (Å²) in [6, 6.07) is 0. The van der Waals surface area contributed by atoms with Crippen LogP contribution in [0.3, 0.4) is 0 Å². The van der Waals surface area contributed by atoms with Crippen LogP contribution in [0.4, 0.5) is 0 Å². The van der Waals surface area contributed by atoms with Gasteiger partial charge in [-0.2, -0.15) is 0 Å². The molecule has 4 heteroatoms. The van der Waals surface area contributed by atoms with E-state index in [2.05, 4.69) is 13.8 Å². The molecule has 10 atom stereocenters. The normalized spacial score (nSPS) is 57.9. The number of carboxylic acids is 1. The van der Waals surface area contributed by atoms with Gasteiger partial charge in [0.2, 0.25) is 0 Å². The third-order valence-electron chi connectivity index (χ3n) is 10.7. The molecule has 5 fully saturated rings. The zero-order valence-electron chi connectivity index (χ0n) is 17.0. The van der Waals surface area contributed by atoms with Gasteiger partial charge in [0.25, 0.3) is 0 Å². The summed E-state index contributed by atoms with van der Waals surface area (Å²) < 4.78 is 0. The van der Waals surface area contributed by atoms with E-state index in [0.29, 0.717) is 60.1 Å². The van der Waals surface area contributed by atoms with Gasteiger partial charge in [0.15, 0.2) is 5.78 Å². The van der Waals surface area contributed by atoms with Crippen LogP contribution in [-0.2, 0) is 9.59 Å². The number of allylic oxidation sites excluding steroid dienone is 1. The zero-order chi connectivity index (χ0) is 19.6. The lowest BCUT2D eigenvalue weighted by atomic mass is 9.46. The van der Waals surface area contributed by atoms with E-state index in [4.69, 9.17) is 0 Å². The first-order valence-corrected chi connectivity index (χ1v) is 11.4. The first-order valence-electron chi connectivity index (χ1n) is 11.4. The summed E-state index contributed by atoms with van der Waals surface area (Å²) >= 11 is 0. The SMILES string of the molecule is CC1(CCC(=O)O)C2CC2C2C3C4CC4C4=CC(=O)CC[C@]4(C)C3CC[C@@]21O. The smallest absolute Gasteiger partial charge is 0.303 e. The van der Waals surface area contributed by atoms with E-state index in [1.807, 2.05) is 6.08 Å². The number of rotatable bonds is 3. The highest BCUT2D eigenvalue weighted by molar-refractivity contribution is 5.92. The van der Waals surface area contributed by atoms with Crippen molar-refractivity contribution in [2.24, 2.45) is 52.3 Å². The predicted octanol–water partition coefficient (Wildman–Crippen LogP) is 3.83. The second-order valence-electron chi connectivity index (χ2n) is 11.5. The van der Waals surface area contributed by atoms with Crippen molar-refractivity contribution >= 4 is 11.8 Å². The van der Waals surface area contributed by atoms with Crippen LogP contribution in [0.25, 0.3) is 0 Å². The molecule has 152 valence electrons. The van der Waals surface area contributed by atoms with Crippen molar-refractivity contribution in [3.05, 3.63) is 11.6 Å². The van der Waals surface area contributed by atoms with Crippen LogP contribution < -0.4 is 0 Å². The standard InChI is InChI=1S/C24H32O4/c1-22-6-3-12(25)9-17(22)13-10-14(13)20-16(22)4-8-24(28)21(20)15-11-18(15)23(24,2)7-5-19(26)27/h9,13-16,18,20-21,28H,3-8,10-11H2,1-2H3,(H,26,27)/t13?,14?,15?,16?,18?,20?,21?,22-,23?,24-/m1/s1. The van der Waals surface area contributed by atoms with Gasteiger partial charge in [0.1, 0.15) is 0 Å². The van der Waals surface area contributed by atoms with Gasteiger partial charge < -0.3 is 10.2 Å². The Kier molecular flexibility index (Phi) is 3.23. The lowest BCUT2D eigenvalue weighted by molar-refractivity contribution is -0.177. The molecule has 0 aliphatic heterocycles. The van der Waals surface area contributed by atoms with Crippen LogP contribution in [-0.4, -0.2) is 27.6 Å². The molecule has 0 radical (unpaired) electrons. The van der Waals surface area contributed by atoms with Crippen molar-refractivity contribution in [1.29, 1.82) is 0 Å². The molecule has 28 heavy (non-hydrogen) atoms. The molecule has 6 aliphatic carbocycles. The maximum absolute atomic E-state index is 12.1. The van der Waals surface area contributed by atoms with Gasteiger partial charge in [-0.3, -0.25) is 9.59 Å². The van der Waals surface area contributed by atoms with Crippen LogP contribution in [0.1, 0.15) is 65.2 Å². The predicted molar refractivity (Wildman–Crippen MR) is 103 cm³/mol. The lowest BCUT2D eigenvalue weighted by Crippen LogP contribution is -2.59. The Morgan fingerprint density at radius 1 is 1.18 bits per heavy atom. The molecule has 6 aliphatic rings. The summed E-state index contributed by atoms with van der Waals surface area (Å²) in [7, 11) is 0. The largest absolute Gasteiger partial charge is 0.481 e. The Labute approximate surface area is 166 Å². The van der Waals surface area contributed by atoms with Crippen LogP contribution in [0.2, 0.25) is 0 Å². The highest BCUT2D eigenvalue weighted by atomic mass is 16.4. The summed E-state index contributed by atoms with van der Waals surface area (Å²) in [4.78, 5) is 23.4. The van der Waals surface area contributed by atoms with E-state index in [9.17, 15) is 19.8 Å². The van der Waals surface area contributed by atoms with E-state index < -0.39 is 11.6 Å². The molecule has 0 aromatic carbocycles. The number of fused-ring (bicyclic) bond motifs is 10. The van der Waals surface area contributed by atoms with Gasteiger partial charge in [-0.1, -0.05) is 19.4 Å². The van der Waals surface area contributed by atoms with Crippen LogP contribution in [0.15, 0.2) is 11.6 Å². The monoisotopic (exact) mass is 384 g/mol. The molecular formula is C24H32O4. The Balaban J connectivity index is 1.38. The quantitative estimate of drug-likeness (QED) is 0.776.